The summed E-state index contributed by atoms with van der Waals surface area (Å²) in [7, 11) is 0. The predicted octanol–water partition coefficient (Wildman–Crippen LogP) is 2.56. The lowest BCUT2D eigenvalue weighted by molar-refractivity contribution is -0.386. The van der Waals surface area contributed by atoms with E-state index in [4.69, 9.17) is 0 Å². The van der Waals surface area contributed by atoms with Crippen LogP contribution in [0, 0.1) is 24.0 Å². The molecule has 0 radical (unpaired) electrons. The highest BCUT2D eigenvalue weighted by Crippen LogP contribution is 2.21. The topological polar surface area (TPSA) is 108 Å². The largest absolute Gasteiger partial charge is 0.348 e. The zero-order valence-electron chi connectivity index (χ0n) is 15.1. The van der Waals surface area contributed by atoms with Gasteiger partial charge in [-0.15, -0.1) is 0 Å². The van der Waals surface area contributed by atoms with E-state index >= 15 is 0 Å². The van der Waals surface area contributed by atoms with Crippen LogP contribution in [0.4, 0.5) is 5.69 Å². The molecule has 2 aromatic rings. The molecule has 3 rings (SSSR count). The minimum atomic E-state index is -0.428. The number of hydrogen-bond donors (Lipinski definition) is 1. The van der Waals surface area contributed by atoms with Crippen LogP contribution in [0.25, 0.3) is 0 Å². The lowest BCUT2D eigenvalue weighted by Crippen LogP contribution is -2.34. The van der Waals surface area contributed by atoms with Crippen LogP contribution in [0.2, 0.25) is 0 Å². The Morgan fingerprint density at radius 1 is 1.27 bits per heavy atom. The number of carbonyl (C=O) groups is 1. The average Bonchev–Trinajstić information content (AvgIpc) is 3.05. The summed E-state index contributed by atoms with van der Waals surface area (Å²) in [5, 5.41) is 22.6. The molecule has 1 amide bonds. The molecule has 140 valence electrons. The number of hydrogen-bond acceptors (Lipinski definition) is 5. The highest BCUT2D eigenvalue weighted by atomic mass is 16.6. The van der Waals surface area contributed by atoms with Gasteiger partial charge in [-0.1, -0.05) is 25.7 Å². The van der Waals surface area contributed by atoms with E-state index in [1.165, 1.54) is 17.5 Å². The summed E-state index contributed by atoms with van der Waals surface area (Å²) >= 11 is 0. The Bertz CT molecular complexity index is 802. The minimum Gasteiger partial charge on any atom is -0.348 e. The molecule has 1 aliphatic carbocycles. The maximum Gasteiger partial charge on any atom is 0.312 e. The van der Waals surface area contributed by atoms with Crippen LogP contribution in [-0.4, -0.2) is 36.4 Å². The van der Waals surface area contributed by atoms with Crippen molar-refractivity contribution in [3.8, 4) is 0 Å². The van der Waals surface area contributed by atoms with E-state index in [-0.39, 0.29) is 24.3 Å². The maximum atomic E-state index is 12.4. The number of aryl methyl sites for hydroxylation is 1. The highest BCUT2D eigenvalue weighted by Gasteiger charge is 2.22. The Hall–Kier alpha value is -2.71. The van der Waals surface area contributed by atoms with Crippen LogP contribution < -0.4 is 5.32 Å². The summed E-state index contributed by atoms with van der Waals surface area (Å²) in [6.07, 6.45) is 8.48. The van der Waals surface area contributed by atoms with E-state index in [0.717, 1.165) is 25.7 Å². The summed E-state index contributed by atoms with van der Waals surface area (Å²) in [6.45, 7) is 3.48. The van der Waals surface area contributed by atoms with Crippen LogP contribution in [0.1, 0.15) is 60.4 Å². The Morgan fingerprint density at radius 2 is 1.96 bits per heavy atom. The lowest BCUT2D eigenvalue weighted by Gasteiger charge is -2.15. The van der Waals surface area contributed by atoms with E-state index in [1.807, 2.05) is 0 Å². The Kier molecular flexibility index (Phi) is 5.34. The maximum absolute atomic E-state index is 12.4. The quantitative estimate of drug-likeness (QED) is 0.501. The molecule has 1 fully saturated rings. The number of nitro groups is 1. The monoisotopic (exact) mass is 360 g/mol. The normalized spacial score (nSPS) is 15.6. The summed E-state index contributed by atoms with van der Waals surface area (Å²) in [6, 6.07) is 1.88. The van der Waals surface area contributed by atoms with Gasteiger partial charge < -0.3 is 5.32 Å². The second-order valence-corrected chi connectivity index (χ2v) is 6.82. The lowest BCUT2D eigenvalue weighted by atomic mass is 10.1. The molecule has 0 aliphatic heterocycles. The van der Waals surface area contributed by atoms with Crippen LogP contribution in [-0.2, 0) is 6.67 Å². The molecule has 1 saturated carbocycles. The van der Waals surface area contributed by atoms with Crippen molar-refractivity contribution in [1.29, 1.82) is 0 Å². The molecule has 9 nitrogen and oxygen atoms in total. The van der Waals surface area contributed by atoms with Gasteiger partial charge in [-0.2, -0.15) is 10.2 Å². The molecule has 0 bridgehead atoms. The summed E-state index contributed by atoms with van der Waals surface area (Å²) in [4.78, 5) is 23.1. The van der Waals surface area contributed by atoms with Crippen molar-refractivity contribution in [1.82, 2.24) is 24.9 Å². The first kappa shape index (κ1) is 18.1. The van der Waals surface area contributed by atoms with E-state index < -0.39 is 4.92 Å². The van der Waals surface area contributed by atoms with Crippen molar-refractivity contribution in [2.75, 3.05) is 0 Å². The Labute approximate surface area is 151 Å². The summed E-state index contributed by atoms with van der Waals surface area (Å²) in [5.41, 5.74) is 1.20. The van der Waals surface area contributed by atoms with Gasteiger partial charge >= 0.3 is 5.69 Å². The number of amides is 1. The first-order chi connectivity index (χ1) is 12.5. The molecule has 0 saturated heterocycles. The molecule has 2 heterocycles. The van der Waals surface area contributed by atoms with E-state index in [0.29, 0.717) is 17.1 Å². The van der Waals surface area contributed by atoms with Gasteiger partial charge in [0.25, 0.3) is 5.91 Å². The fourth-order valence-electron chi connectivity index (χ4n) is 3.47. The average molecular weight is 360 g/mol. The standard InChI is InChI=1S/C17H24N6O3/c1-12-16(23(25)26)13(2)22(19-12)11-21-10-9-15(20-21)17(24)18-14-7-5-3-4-6-8-14/h9-10,14H,3-8,11H2,1-2H3,(H,18,24). The van der Waals surface area contributed by atoms with Gasteiger partial charge in [-0.3, -0.25) is 19.6 Å². The van der Waals surface area contributed by atoms with E-state index in [9.17, 15) is 14.9 Å². The zero-order chi connectivity index (χ0) is 18.7. The van der Waals surface area contributed by atoms with Crippen LogP contribution in [0.5, 0.6) is 0 Å². The van der Waals surface area contributed by atoms with Crippen molar-refractivity contribution in [3.05, 3.63) is 39.5 Å². The third-order valence-corrected chi connectivity index (χ3v) is 4.87. The Balaban J connectivity index is 1.67. The molecule has 0 atom stereocenters. The van der Waals surface area contributed by atoms with Crippen molar-refractivity contribution in [3.63, 3.8) is 0 Å². The van der Waals surface area contributed by atoms with Crippen molar-refractivity contribution >= 4 is 11.6 Å². The molecule has 0 aromatic carbocycles. The second kappa shape index (κ2) is 7.67. The van der Waals surface area contributed by atoms with Crippen molar-refractivity contribution in [2.24, 2.45) is 0 Å². The Morgan fingerprint density at radius 3 is 2.58 bits per heavy atom. The van der Waals surface area contributed by atoms with Gasteiger partial charge in [0.2, 0.25) is 0 Å². The van der Waals surface area contributed by atoms with Gasteiger partial charge in [-0.25, -0.2) is 4.68 Å². The second-order valence-electron chi connectivity index (χ2n) is 6.82. The zero-order valence-corrected chi connectivity index (χ0v) is 15.1. The molecule has 1 aliphatic rings. The number of nitrogens with one attached hydrogen (secondary N) is 1. The highest BCUT2D eigenvalue weighted by molar-refractivity contribution is 5.92. The number of rotatable bonds is 5. The van der Waals surface area contributed by atoms with Gasteiger partial charge in [0.05, 0.1) is 4.92 Å². The van der Waals surface area contributed by atoms with Crippen LogP contribution in [0.3, 0.4) is 0 Å². The molecule has 1 N–H and O–H groups in total. The molecule has 0 unspecified atom stereocenters. The fraction of sp³-hybridized carbons (Fsp3) is 0.588. The van der Waals surface area contributed by atoms with Gasteiger partial charge in [0.1, 0.15) is 23.8 Å². The molecular weight excluding hydrogens is 336 g/mol. The smallest absolute Gasteiger partial charge is 0.312 e. The molecule has 26 heavy (non-hydrogen) atoms. The van der Waals surface area contributed by atoms with Crippen LogP contribution >= 0.6 is 0 Å². The van der Waals surface area contributed by atoms with Gasteiger partial charge in [-0.05, 0) is 32.8 Å². The van der Waals surface area contributed by atoms with Crippen molar-refractivity contribution < 1.29 is 9.72 Å². The summed E-state index contributed by atoms with van der Waals surface area (Å²) in [5.74, 6) is -0.171. The molecule has 0 spiro atoms. The number of carbonyl (C=O) groups excluding carboxylic acids is 1. The molecule has 2 aromatic heterocycles. The van der Waals surface area contributed by atoms with E-state index in [2.05, 4.69) is 15.5 Å². The van der Waals surface area contributed by atoms with E-state index in [1.54, 1.807) is 30.8 Å². The fourth-order valence-corrected chi connectivity index (χ4v) is 3.47. The predicted molar refractivity (Wildman–Crippen MR) is 94.9 cm³/mol. The third-order valence-electron chi connectivity index (χ3n) is 4.87. The third kappa shape index (κ3) is 3.92. The molecule has 9 heteroatoms. The van der Waals surface area contributed by atoms with Gasteiger partial charge in [0.15, 0.2) is 0 Å². The van der Waals surface area contributed by atoms with Crippen LogP contribution in [0.15, 0.2) is 12.3 Å². The number of aromatic nitrogens is 4. The first-order valence-electron chi connectivity index (χ1n) is 8.98. The first-order valence-corrected chi connectivity index (χ1v) is 8.98. The minimum absolute atomic E-state index is 0.0171. The SMILES string of the molecule is Cc1nn(Cn2ccc(C(=O)NC3CCCCCC3)n2)c(C)c1[N+](=O)[O-]. The van der Waals surface area contributed by atoms with Crippen molar-refractivity contribution in [2.45, 2.75) is 65.1 Å². The van der Waals surface area contributed by atoms with Gasteiger partial charge in [0, 0.05) is 12.2 Å². The number of nitrogens with zero attached hydrogens (tertiary/aromatic N) is 5. The molecular formula is C17H24N6O3. The summed E-state index contributed by atoms with van der Waals surface area (Å²) < 4.78 is 3.08.